The van der Waals surface area contributed by atoms with Crippen LogP contribution >= 0.6 is 12.6 Å². The van der Waals surface area contributed by atoms with Crippen LogP contribution < -0.4 is 4.74 Å². The molecule has 1 aliphatic heterocycles. The normalized spacial score (nSPS) is 15.2. The highest BCUT2D eigenvalue weighted by Crippen LogP contribution is 2.29. The molecule has 0 atom stereocenters. The van der Waals surface area contributed by atoms with E-state index in [0.717, 1.165) is 0 Å². The number of benzene rings is 1. The number of carbonyl (C=O) groups is 1. The van der Waals surface area contributed by atoms with Crippen molar-refractivity contribution in [3.05, 3.63) is 23.8 Å². The highest BCUT2D eigenvalue weighted by atomic mass is 32.1. The van der Waals surface area contributed by atoms with E-state index in [-0.39, 0.29) is 5.78 Å². The van der Waals surface area contributed by atoms with Crippen molar-refractivity contribution in [1.82, 2.24) is 0 Å². The van der Waals surface area contributed by atoms with Crippen molar-refractivity contribution in [2.75, 3.05) is 6.61 Å². The summed E-state index contributed by atoms with van der Waals surface area (Å²) in [7, 11) is 0. The number of fused-ring (bicyclic) bond motifs is 1. The molecule has 1 aromatic carbocycles. The predicted molar refractivity (Wildman–Crippen MR) is 48.1 cm³/mol. The third kappa shape index (κ3) is 1.10. The van der Waals surface area contributed by atoms with Gasteiger partial charge in [0.1, 0.15) is 5.75 Å². The fraction of sp³-hybridized carbons (Fsp3) is 0.222. The van der Waals surface area contributed by atoms with Gasteiger partial charge in [0.25, 0.3) is 0 Å². The van der Waals surface area contributed by atoms with E-state index in [2.05, 4.69) is 12.6 Å². The van der Waals surface area contributed by atoms with Crippen LogP contribution in [-0.2, 0) is 0 Å². The van der Waals surface area contributed by atoms with Gasteiger partial charge in [0.2, 0.25) is 0 Å². The van der Waals surface area contributed by atoms with E-state index in [0.29, 0.717) is 29.2 Å². The Morgan fingerprint density at radius 2 is 2.25 bits per heavy atom. The van der Waals surface area contributed by atoms with E-state index < -0.39 is 0 Å². The molecule has 0 saturated heterocycles. The molecule has 1 heterocycles. The smallest absolute Gasteiger partial charge is 0.171 e. The van der Waals surface area contributed by atoms with E-state index in [1.165, 1.54) is 0 Å². The van der Waals surface area contributed by atoms with Crippen molar-refractivity contribution in [1.29, 1.82) is 0 Å². The Hall–Kier alpha value is -0.960. The van der Waals surface area contributed by atoms with Crippen LogP contribution in [0.1, 0.15) is 16.8 Å². The number of Topliss-reactive ketones (excluding diaryl/α,β-unsaturated/α-hetero) is 1. The topological polar surface area (TPSA) is 26.3 Å². The first-order chi connectivity index (χ1) is 5.79. The molecule has 0 fully saturated rings. The molecule has 0 N–H and O–H groups in total. The molecule has 0 radical (unpaired) electrons. The average Bonchev–Trinajstić information content (AvgIpc) is 2.04. The monoisotopic (exact) mass is 180 g/mol. The molecular formula is C9H8O2S. The lowest BCUT2D eigenvalue weighted by atomic mass is 10.1. The third-order valence-electron chi connectivity index (χ3n) is 1.87. The minimum absolute atomic E-state index is 0.127. The molecule has 0 spiro atoms. The number of ether oxygens (including phenoxy) is 1. The van der Waals surface area contributed by atoms with Crippen molar-refractivity contribution in [2.24, 2.45) is 0 Å². The predicted octanol–water partition coefficient (Wildman–Crippen LogP) is 1.94. The zero-order chi connectivity index (χ0) is 8.55. The van der Waals surface area contributed by atoms with Gasteiger partial charge in [0.15, 0.2) is 5.78 Å². The summed E-state index contributed by atoms with van der Waals surface area (Å²) in [5, 5.41) is 0. The van der Waals surface area contributed by atoms with Crippen molar-refractivity contribution >= 4 is 18.4 Å². The Balaban J connectivity index is 2.60. The number of hydrogen-bond donors (Lipinski definition) is 1. The van der Waals surface area contributed by atoms with Crippen molar-refractivity contribution < 1.29 is 9.53 Å². The summed E-state index contributed by atoms with van der Waals surface area (Å²) in [6, 6.07) is 5.43. The van der Waals surface area contributed by atoms with E-state index in [1.807, 2.05) is 6.07 Å². The first-order valence-corrected chi connectivity index (χ1v) is 4.22. The maximum atomic E-state index is 11.4. The van der Waals surface area contributed by atoms with Crippen LogP contribution in [-0.4, -0.2) is 12.4 Å². The Labute approximate surface area is 76.0 Å². The largest absolute Gasteiger partial charge is 0.492 e. The van der Waals surface area contributed by atoms with Gasteiger partial charge in [-0.1, -0.05) is 6.07 Å². The molecule has 0 aliphatic carbocycles. The molecule has 0 bridgehead atoms. The standard InChI is InChI=1S/C9H8O2S/c10-6-4-5-11-7-2-1-3-8(12)9(6)7/h1-3,12H,4-5H2. The summed E-state index contributed by atoms with van der Waals surface area (Å²) in [5.41, 5.74) is 0.632. The fourth-order valence-corrected chi connectivity index (χ4v) is 1.62. The highest BCUT2D eigenvalue weighted by Gasteiger charge is 2.19. The molecule has 0 aromatic heterocycles. The van der Waals surface area contributed by atoms with Crippen LogP contribution in [0.5, 0.6) is 5.75 Å². The Kier molecular flexibility index (Phi) is 1.81. The van der Waals surface area contributed by atoms with Crippen LogP contribution in [0, 0.1) is 0 Å². The van der Waals surface area contributed by atoms with Crippen LogP contribution in [0.25, 0.3) is 0 Å². The number of hydrogen-bond acceptors (Lipinski definition) is 3. The summed E-state index contributed by atoms with van der Waals surface area (Å²) in [4.78, 5) is 12.1. The fourth-order valence-electron chi connectivity index (χ4n) is 1.30. The lowest BCUT2D eigenvalue weighted by Crippen LogP contribution is -2.15. The molecule has 0 saturated carbocycles. The number of ketones is 1. The molecule has 0 unspecified atom stereocenters. The van der Waals surface area contributed by atoms with Crippen LogP contribution in [0.2, 0.25) is 0 Å². The van der Waals surface area contributed by atoms with Crippen LogP contribution in [0.3, 0.4) is 0 Å². The molecule has 3 heteroatoms. The van der Waals surface area contributed by atoms with E-state index in [4.69, 9.17) is 4.74 Å². The van der Waals surface area contributed by atoms with Gasteiger partial charge in [-0.2, -0.15) is 0 Å². The quantitative estimate of drug-likeness (QED) is 0.617. The maximum Gasteiger partial charge on any atom is 0.171 e. The first kappa shape index (κ1) is 7.68. The zero-order valence-corrected chi connectivity index (χ0v) is 7.30. The molecule has 2 rings (SSSR count). The van der Waals surface area contributed by atoms with Gasteiger partial charge in [-0.25, -0.2) is 0 Å². The second-order valence-electron chi connectivity index (χ2n) is 2.67. The minimum Gasteiger partial charge on any atom is -0.492 e. The minimum atomic E-state index is 0.127. The number of thiol groups is 1. The Morgan fingerprint density at radius 1 is 1.42 bits per heavy atom. The van der Waals surface area contributed by atoms with E-state index >= 15 is 0 Å². The van der Waals surface area contributed by atoms with Gasteiger partial charge >= 0.3 is 0 Å². The van der Waals surface area contributed by atoms with Crippen LogP contribution in [0.4, 0.5) is 0 Å². The van der Waals surface area contributed by atoms with Gasteiger partial charge in [0, 0.05) is 11.3 Å². The van der Waals surface area contributed by atoms with Crippen molar-refractivity contribution in [3.8, 4) is 5.75 Å². The first-order valence-electron chi connectivity index (χ1n) is 3.77. The summed E-state index contributed by atoms with van der Waals surface area (Å²) < 4.78 is 5.30. The van der Waals surface area contributed by atoms with Gasteiger partial charge in [0.05, 0.1) is 12.2 Å². The maximum absolute atomic E-state index is 11.4. The summed E-state index contributed by atoms with van der Waals surface area (Å²) in [6.45, 7) is 0.489. The lowest BCUT2D eigenvalue weighted by Gasteiger charge is -2.16. The lowest BCUT2D eigenvalue weighted by molar-refractivity contribution is 0.0929. The van der Waals surface area contributed by atoms with Gasteiger partial charge < -0.3 is 4.74 Å². The van der Waals surface area contributed by atoms with Crippen molar-refractivity contribution in [3.63, 3.8) is 0 Å². The second kappa shape index (κ2) is 2.83. The average molecular weight is 180 g/mol. The highest BCUT2D eigenvalue weighted by molar-refractivity contribution is 7.80. The summed E-state index contributed by atoms with van der Waals surface area (Å²) in [6.07, 6.45) is 0.463. The SMILES string of the molecule is O=C1CCOc2cccc(S)c21. The number of rotatable bonds is 0. The molecule has 1 aromatic rings. The van der Waals surface area contributed by atoms with E-state index in [9.17, 15) is 4.79 Å². The molecule has 2 nitrogen and oxygen atoms in total. The molecular weight excluding hydrogens is 172 g/mol. The molecule has 0 amide bonds. The molecule has 12 heavy (non-hydrogen) atoms. The summed E-state index contributed by atoms with van der Waals surface area (Å²) in [5.74, 6) is 0.792. The van der Waals surface area contributed by atoms with Gasteiger partial charge in [-0.05, 0) is 12.1 Å². The Bertz CT molecular complexity index is 333. The summed E-state index contributed by atoms with van der Waals surface area (Å²) >= 11 is 4.19. The third-order valence-corrected chi connectivity index (χ3v) is 2.24. The van der Waals surface area contributed by atoms with Gasteiger partial charge in [-0.3, -0.25) is 4.79 Å². The van der Waals surface area contributed by atoms with Gasteiger partial charge in [-0.15, -0.1) is 12.6 Å². The van der Waals surface area contributed by atoms with Crippen molar-refractivity contribution in [2.45, 2.75) is 11.3 Å². The molecule has 1 aliphatic rings. The number of carbonyl (C=O) groups excluding carboxylic acids is 1. The second-order valence-corrected chi connectivity index (χ2v) is 3.15. The molecule has 62 valence electrons. The Morgan fingerprint density at radius 3 is 3.00 bits per heavy atom. The zero-order valence-electron chi connectivity index (χ0n) is 6.41. The van der Waals surface area contributed by atoms with E-state index in [1.54, 1.807) is 12.1 Å². The van der Waals surface area contributed by atoms with Crippen LogP contribution in [0.15, 0.2) is 23.1 Å².